The molecule has 0 aliphatic rings. The van der Waals surface area contributed by atoms with E-state index in [1.54, 1.807) is 0 Å². The van der Waals surface area contributed by atoms with Gasteiger partial charge in [-0.25, -0.2) is 4.89 Å². The van der Waals surface area contributed by atoms with E-state index in [1.807, 2.05) is 13.8 Å². The molecule has 8 nitrogen and oxygen atoms in total. The first-order valence-corrected chi connectivity index (χ1v) is 3.26. The van der Waals surface area contributed by atoms with E-state index in [-0.39, 0.29) is 0 Å². The van der Waals surface area contributed by atoms with E-state index in [0.717, 1.165) is 0 Å². The maximum absolute atomic E-state index is 8.33. The smallest absolute Gasteiger partial charge is 0.0842 e. The molecule has 0 rings (SSSR count). The Bertz CT molecular complexity index is 123. The van der Waals surface area contributed by atoms with Crippen LogP contribution < -0.4 is 20.4 Å². The third kappa shape index (κ3) is 439. The minimum atomic E-state index is -2.33. The van der Waals surface area contributed by atoms with Gasteiger partial charge in [-0.15, -0.1) is 0 Å². The standard InChI is InChI=1S/C4H10O2.2CH2O3/c1-4(2)3-6-5;2*2-1(3)4/h4-5H,3H2,1-2H3;2*(H2,2,3,4)/p-4. The molecular weight excluding hydrogens is 200 g/mol. The van der Waals surface area contributed by atoms with Gasteiger partial charge in [0.2, 0.25) is 0 Å². The number of hydrogen-bond donors (Lipinski definition) is 1. The van der Waals surface area contributed by atoms with Crippen molar-refractivity contribution in [2.75, 3.05) is 6.61 Å². The van der Waals surface area contributed by atoms with Gasteiger partial charge in [0, 0.05) is 0 Å². The van der Waals surface area contributed by atoms with Gasteiger partial charge in [0.15, 0.2) is 0 Å². The van der Waals surface area contributed by atoms with Gasteiger partial charge in [-0.3, -0.25) is 5.26 Å². The van der Waals surface area contributed by atoms with Crippen LogP contribution in [0.1, 0.15) is 13.8 Å². The predicted molar refractivity (Wildman–Crippen MR) is 34.2 cm³/mol. The summed E-state index contributed by atoms with van der Waals surface area (Å²) in [7, 11) is 0. The highest BCUT2D eigenvalue weighted by Gasteiger charge is 1.87. The van der Waals surface area contributed by atoms with Crippen molar-refractivity contribution in [3.05, 3.63) is 0 Å². The fraction of sp³-hybridized carbons (Fsp3) is 0.667. The van der Waals surface area contributed by atoms with Gasteiger partial charge in [0.05, 0.1) is 6.61 Å². The van der Waals surface area contributed by atoms with Crippen LogP contribution in [-0.2, 0) is 4.89 Å². The van der Waals surface area contributed by atoms with Gasteiger partial charge in [-0.2, -0.15) is 0 Å². The molecule has 0 atom stereocenters. The van der Waals surface area contributed by atoms with Gasteiger partial charge in [0.25, 0.3) is 0 Å². The van der Waals surface area contributed by atoms with Gasteiger partial charge in [-0.05, 0) is 18.2 Å². The molecule has 0 fully saturated rings. The minimum Gasteiger partial charge on any atom is -0.652 e. The Labute approximate surface area is 79.9 Å². The van der Waals surface area contributed by atoms with Gasteiger partial charge < -0.3 is 30.0 Å². The molecule has 0 aromatic rings. The van der Waals surface area contributed by atoms with Crippen LogP contribution in [0.3, 0.4) is 0 Å². The lowest BCUT2D eigenvalue weighted by Gasteiger charge is -1.96. The van der Waals surface area contributed by atoms with Gasteiger partial charge >= 0.3 is 0 Å². The molecule has 0 bridgehead atoms. The lowest BCUT2D eigenvalue weighted by atomic mass is 10.2. The Morgan fingerprint density at radius 2 is 1.36 bits per heavy atom. The molecule has 0 radical (unpaired) electrons. The van der Waals surface area contributed by atoms with Crippen LogP contribution in [-0.4, -0.2) is 24.2 Å². The molecule has 0 aromatic carbocycles. The molecule has 0 aliphatic carbocycles. The van der Waals surface area contributed by atoms with E-state index in [0.29, 0.717) is 12.5 Å². The largest absolute Gasteiger partial charge is 0.652 e. The van der Waals surface area contributed by atoms with E-state index < -0.39 is 12.3 Å². The Morgan fingerprint density at radius 3 is 1.36 bits per heavy atom. The normalized spacial score (nSPS) is 7.71. The van der Waals surface area contributed by atoms with Gasteiger partial charge in [0.1, 0.15) is 0 Å². The molecule has 0 aliphatic heterocycles. The maximum atomic E-state index is 8.33. The van der Waals surface area contributed by atoms with E-state index in [9.17, 15) is 0 Å². The van der Waals surface area contributed by atoms with Crippen molar-refractivity contribution < 1.29 is 40.2 Å². The SMILES string of the molecule is CC(C)COO.O=C([O-])[O-].O=C([O-])[O-]. The summed E-state index contributed by atoms with van der Waals surface area (Å²) >= 11 is 0. The lowest BCUT2D eigenvalue weighted by Crippen LogP contribution is -2.37. The molecule has 14 heavy (non-hydrogen) atoms. The summed E-state index contributed by atoms with van der Waals surface area (Å²) < 4.78 is 0. The fourth-order valence-electron chi connectivity index (χ4n) is 0.149. The van der Waals surface area contributed by atoms with Crippen LogP contribution in [0, 0.1) is 5.92 Å². The average Bonchev–Trinajstić information content (AvgIpc) is 1.82. The Hall–Kier alpha value is -1.54. The number of rotatable bonds is 2. The maximum Gasteiger partial charge on any atom is 0.0842 e. The van der Waals surface area contributed by atoms with Crippen molar-refractivity contribution in [2.24, 2.45) is 5.92 Å². The molecule has 0 spiro atoms. The van der Waals surface area contributed by atoms with Crippen LogP contribution in [0.5, 0.6) is 0 Å². The second kappa shape index (κ2) is 14.0. The van der Waals surface area contributed by atoms with Crippen LogP contribution in [0.25, 0.3) is 0 Å². The van der Waals surface area contributed by atoms with Crippen LogP contribution in [0.4, 0.5) is 9.59 Å². The Kier molecular flexibility index (Phi) is 18.3. The van der Waals surface area contributed by atoms with Crippen molar-refractivity contribution >= 4 is 12.3 Å². The molecule has 1 N–H and O–H groups in total. The fourth-order valence-corrected chi connectivity index (χ4v) is 0.149. The molecule has 0 aromatic heterocycles. The molecule has 0 saturated heterocycles. The van der Waals surface area contributed by atoms with Crippen molar-refractivity contribution in [1.29, 1.82) is 0 Å². The summed E-state index contributed by atoms with van der Waals surface area (Å²) in [6, 6.07) is 0. The first-order chi connectivity index (χ1) is 6.23. The first kappa shape index (κ1) is 18.3. The molecule has 86 valence electrons. The second-order valence-electron chi connectivity index (χ2n) is 2.19. The quantitative estimate of drug-likeness (QED) is 0.359. The molecule has 0 saturated carbocycles. The summed E-state index contributed by atoms with van der Waals surface area (Å²) in [6.45, 7) is 4.37. The molecular formula is C6H10O8-4. The van der Waals surface area contributed by atoms with Crippen molar-refractivity contribution in [3.63, 3.8) is 0 Å². The zero-order valence-corrected chi connectivity index (χ0v) is 7.59. The molecule has 0 amide bonds. The van der Waals surface area contributed by atoms with Crippen molar-refractivity contribution in [1.82, 2.24) is 0 Å². The number of carbonyl (C=O) groups is 2. The third-order valence-electron chi connectivity index (χ3n) is 0.408. The Morgan fingerprint density at radius 1 is 1.14 bits per heavy atom. The highest BCUT2D eigenvalue weighted by atomic mass is 17.1. The van der Waals surface area contributed by atoms with E-state index in [1.165, 1.54) is 0 Å². The van der Waals surface area contributed by atoms with Crippen molar-refractivity contribution in [2.45, 2.75) is 13.8 Å². The van der Waals surface area contributed by atoms with E-state index >= 15 is 0 Å². The lowest BCUT2D eigenvalue weighted by molar-refractivity contribution is -0.417. The van der Waals surface area contributed by atoms with Crippen molar-refractivity contribution in [3.8, 4) is 0 Å². The predicted octanol–water partition coefficient (Wildman–Crippen LogP) is -3.76. The highest BCUT2D eigenvalue weighted by Crippen LogP contribution is 1.87. The molecule has 8 heteroatoms. The zero-order valence-electron chi connectivity index (χ0n) is 7.59. The van der Waals surface area contributed by atoms with Gasteiger partial charge in [-0.1, -0.05) is 13.8 Å². The zero-order chi connectivity index (χ0) is 12.1. The van der Waals surface area contributed by atoms with E-state index in [4.69, 9.17) is 35.3 Å². The second-order valence-corrected chi connectivity index (χ2v) is 2.19. The summed E-state index contributed by atoms with van der Waals surface area (Å²) in [4.78, 5) is 20.5. The summed E-state index contributed by atoms with van der Waals surface area (Å²) in [5.74, 6) is 0.426. The minimum absolute atomic E-state index is 0.426. The van der Waals surface area contributed by atoms with Crippen LogP contribution >= 0.6 is 0 Å². The summed E-state index contributed by atoms with van der Waals surface area (Å²) in [6.07, 6.45) is -4.67. The average molecular weight is 210 g/mol. The summed E-state index contributed by atoms with van der Waals surface area (Å²) in [5, 5.41) is 41.1. The molecule has 0 heterocycles. The number of carbonyl (C=O) groups excluding carboxylic acids is 2. The van der Waals surface area contributed by atoms with E-state index in [2.05, 4.69) is 4.89 Å². The topological polar surface area (TPSA) is 156 Å². The van der Waals surface area contributed by atoms with Crippen LogP contribution in [0.15, 0.2) is 0 Å². The first-order valence-electron chi connectivity index (χ1n) is 3.26. The number of hydrogen-bond acceptors (Lipinski definition) is 8. The van der Waals surface area contributed by atoms with Crippen LogP contribution in [0.2, 0.25) is 0 Å². The Balaban J connectivity index is -0.000000135. The highest BCUT2D eigenvalue weighted by molar-refractivity contribution is 5.47. The summed E-state index contributed by atoms with van der Waals surface area (Å²) in [5.41, 5.74) is 0. The number of carboxylic acid groups (broad SMARTS) is 4. The molecule has 0 unspecified atom stereocenters. The third-order valence-corrected chi connectivity index (χ3v) is 0.408. The monoisotopic (exact) mass is 210 g/mol.